The standard InChI is InChI=1S/C9H8Br2N4/c1-6(10)9-5-13-14-15(9)8-2-7(11)3-12-4-8/h2-6H,1H3. The summed E-state index contributed by atoms with van der Waals surface area (Å²) >= 11 is 6.87. The highest BCUT2D eigenvalue weighted by Gasteiger charge is 2.10. The van der Waals surface area contributed by atoms with Crippen molar-refractivity contribution in [3.05, 3.63) is 34.8 Å². The van der Waals surface area contributed by atoms with Gasteiger partial charge in [0, 0.05) is 10.7 Å². The second-order valence-electron chi connectivity index (χ2n) is 3.05. The van der Waals surface area contributed by atoms with Crippen LogP contribution in [0.5, 0.6) is 0 Å². The first-order chi connectivity index (χ1) is 7.18. The molecule has 0 N–H and O–H groups in total. The second kappa shape index (κ2) is 4.40. The number of rotatable bonds is 2. The summed E-state index contributed by atoms with van der Waals surface area (Å²) in [6.45, 7) is 2.03. The Hall–Kier alpha value is -0.750. The summed E-state index contributed by atoms with van der Waals surface area (Å²) in [4.78, 5) is 4.29. The molecule has 0 bridgehead atoms. The molecule has 0 aliphatic heterocycles. The molecule has 0 aliphatic rings. The van der Waals surface area contributed by atoms with Crippen molar-refractivity contribution in [2.24, 2.45) is 0 Å². The highest BCUT2D eigenvalue weighted by atomic mass is 79.9. The van der Waals surface area contributed by atoms with Gasteiger partial charge >= 0.3 is 0 Å². The Morgan fingerprint density at radius 1 is 1.33 bits per heavy atom. The quantitative estimate of drug-likeness (QED) is 0.795. The largest absolute Gasteiger partial charge is 0.261 e. The van der Waals surface area contributed by atoms with Crippen LogP contribution in [0.1, 0.15) is 17.4 Å². The highest BCUT2D eigenvalue weighted by molar-refractivity contribution is 9.10. The smallest absolute Gasteiger partial charge is 0.0861 e. The van der Waals surface area contributed by atoms with Crippen LogP contribution in [0.15, 0.2) is 29.1 Å². The molecule has 0 saturated carbocycles. The Bertz CT molecular complexity index is 467. The summed E-state index contributed by atoms with van der Waals surface area (Å²) in [5, 5.41) is 7.91. The third-order valence-corrected chi connectivity index (χ3v) is 2.82. The average Bonchev–Trinajstić information content (AvgIpc) is 2.65. The Balaban J connectivity index is 2.49. The molecule has 2 aromatic heterocycles. The van der Waals surface area contributed by atoms with Crippen molar-refractivity contribution in [3.63, 3.8) is 0 Å². The average molecular weight is 332 g/mol. The zero-order chi connectivity index (χ0) is 10.8. The minimum absolute atomic E-state index is 0.200. The van der Waals surface area contributed by atoms with Gasteiger partial charge in [0.2, 0.25) is 0 Å². The van der Waals surface area contributed by atoms with Crippen LogP contribution in [-0.4, -0.2) is 20.0 Å². The molecule has 4 nitrogen and oxygen atoms in total. The van der Waals surface area contributed by atoms with E-state index in [1.807, 2.05) is 13.0 Å². The summed E-state index contributed by atoms with van der Waals surface area (Å²) in [7, 11) is 0. The molecular formula is C9H8Br2N4. The first-order valence-corrected chi connectivity index (χ1v) is 6.05. The van der Waals surface area contributed by atoms with Crippen LogP contribution in [0.2, 0.25) is 0 Å². The fraction of sp³-hybridized carbons (Fsp3) is 0.222. The number of alkyl halides is 1. The minimum atomic E-state index is 0.200. The highest BCUT2D eigenvalue weighted by Crippen LogP contribution is 2.23. The fourth-order valence-electron chi connectivity index (χ4n) is 1.23. The molecule has 0 saturated heterocycles. The number of aromatic nitrogens is 4. The van der Waals surface area contributed by atoms with Gasteiger partial charge < -0.3 is 0 Å². The lowest BCUT2D eigenvalue weighted by atomic mass is 10.3. The summed E-state index contributed by atoms with van der Waals surface area (Å²) in [5.74, 6) is 0. The van der Waals surface area contributed by atoms with Crippen molar-refractivity contribution in [1.82, 2.24) is 20.0 Å². The van der Waals surface area contributed by atoms with Crippen molar-refractivity contribution < 1.29 is 0 Å². The Morgan fingerprint density at radius 2 is 2.13 bits per heavy atom. The predicted octanol–water partition coefficient (Wildman–Crippen LogP) is 2.88. The fourth-order valence-corrected chi connectivity index (χ4v) is 1.90. The maximum Gasteiger partial charge on any atom is 0.0861 e. The molecule has 0 aliphatic carbocycles. The monoisotopic (exact) mass is 330 g/mol. The zero-order valence-electron chi connectivity index (χ0n) is 7.93. The second-order valence-corrected chi connectivity index (χ2v) is 5.34. The van der Waals surface area contributed by atoms with E-state index in [9.17, 15) is 0 Å². The van der Waals surface area contributed by atoms with Gasteiger partial charge in [0.25, 0.3) is 0 Å². The maximum atomic E-state index is 4.09. The Kier molecular flexibility index (Phi) is 3.16. The Labute approximate surface area is 104 Å². The summed E-state index contributed by atoms with van der Waals surface area (Å²) in [6, 6.07) is 1.94. The lowest BCUT2D eigenvalue weighted by Gasteiger charge is -2.07. The van der Waals surface area contributed by atoms with Gasteiger partial charge in [-0.25, -0.2) is 4.68 Å². The van der Waals surface area contributed by atoms with Crippen LogP contribution in [0, 0.1) is 0 Å². The van der Waals surface area contributed by atoms with E-state index in [0.29, 0.717) is 0 Å². The van der Waals surface area contributed by atoms with Crippen LogP contribution >= 0.6 is 31.9 Å². The van der Waals surface area contributed by atoms with Gasteiger partial charge in [0.05, 0.1) is 28.6 Å². The topological polar surface area (TPSA) is 43.6 Å². The number of hydrogen-bond acceptors (Lipinski definition) is 3. The molecule has 15 heavy (non-hydrogen) atoms. The molecule has 78 valence electrons. The van der Waals surface area contributed by atoms with Crippen molar-refractivity contribution in [3.8, 4) is 5.69 Å². The lowest BCUT2D eigenvalue weighted by molar-refractivity contribution is 0.762. The van der Waals surface area contributed by atoms with Gasteiger partial charge in [0.1, 0.15) is 0 Å². The molecule has 0 spiro atoms. The van der Waals surface area contributed by atoms with Crippen LogP contribution in [0.4, 0.5) is 0 Å². The maximum absolute atomic E-state index is 4.09. The van der Waals surface area contributed by atoms with Gasteiger partial charge in [0.15, 0.2) is 0 Å². The third kappa shape index (κ3) is 2.26. The number of hydrogen-bond donors (Lipinski definition) is 0. The molecule has 1 atom stereocenters. The van der Waals surface area contributed by atoms with Crippen molar-refractivity contribution in [2.75, 3.05) is 0 Å². The third-order valence-electron chi connectivity index (χ3n) is 1.92. The van der Waals surface area contributed by atoms with Crippen LogP contribution in [0.3, 0.4) is 0 Å². The van der Waals surface area contributed by atoms with Gasteiger partial charge in [-0.1, -0.05) is 21.1 Å². The molecular weight excluding hydrogens is 324 g/mol. The molecule has 0 radical (unpaired) electrons. The van der Waals surface area contributed by atoms with Gasteiger partial charge in [-0.3, -0.25) is 4.98 Å². The molecule has 0 fully saturated rings. The number of pyridine rings is 1. The normalized spacial score (nSPS) is 12.7. The molecule has 0 amide bonds. The SMILES string of the molecule is CC(Br)c1cnnn1-c1cncc(Br)c1. The van der Waals surface area contributed by atoms with E-state index in [1.54, 1.807) is 23.3 Å². The molecule has 2 heterocycles. The summed E-state index contributed by atoms with van der Waals surface area (Å²) in [5.41, 5.74) is 1.89. The molecule has 1 unspecified atom stereocenters. The van der Waals surface area contributed by atoms with E-state index in [-0.39, 0.29) is 4.83 Å². The predicted molar refractivity (Wildman–Crippen MR) is 64.2 cm³/mol. The van der Waals surface area contributed by atoms with E-state index in [1.165, 1.54) is 0 Å². The number of halogens is 2. The molecule has 2 rings (SSSR count). The summed E-state index contributed by atoms with van der Waals surface area (Å²) in [6.07, 6.45) is 5.22. The molecule has 2 aromatic rings. The van der Waals surface area contributed by atoms with Crippen LogP contribution in [-0.2, 0) is 0 Å². The van der Waals surface area contributed by atoms with Crippen molar-refractivity contribution in [2.45, 2.75) is 11.8 Å². The minimum Gasteiger partial charge on any atom is -0.261 e. The number of nitrogens with zero attached hydrogens (tertiary/aromatic N) is 4. The van der Waals surface area contributed by atoms with Crippen LogP contribution < -0.4 is 0 Å². The van der Waals surface area contributed by atoms with E-state index < -0.39 is 0 Å². The molecule has 6 heteroatoms. The molecule has 0 aromatic carbocycles. The Morgan fingerprint density at radius 3 is 2.80 bits per heavy atom. The zero-order valence-corrected chi connectivity index (χ0v) is 11.1. The van der Waals surface area contributed by atoms with E-state index >= 15 is 0 Å². The van der Waals surface area contributed by atoms with Crippen LogP contribution in [0.25, 0.3) is 5.69 Å². The van der Waals surface area contributed by atoms with Gasteiger partial charge in [-0.15, -0.1) is 5.10 Å². The first-order valence-electron chi connectivity index (χ1n) is 4.34. The lowest BCUT2D eigenvalue weighted by Crippen LogP contribution is -2.02. The van der Waals surface area contributed by atoms with Gasteiger partial charge in [-0.05, 0) is 28.9 Å². The van der Waals surface area contributed by atoms with E-state index in [4.69, 9.17) is 0 Å². The van der Waals surface area contributed by atoms with Gasteiger partial charge in [-0.2, -0.15) is 0 Å². The first kappa shape index (κ1) is 10.8. The van der Waals surface area contributed by atoms with Crippen molar-refractivity contribution in [1.29, 1.82) is 0 Å². The summed E-state index contributed by atoms with van der Waals surface area (Å²) < 4.78 is 2.68. The van der Waals surface area contributed by atoms with E-state index in [2.05, 4.69) is 47.2 Å². The van der Waals surface area contributed by atoms with Crippen molar-refractivity contribution >= 4 is 31.9 Å². The van der Waals surface area contributed by atoms with E-state index in [0.717, 1.165) is 15.9 Å².